The topological polar surface area (TPSA) is 216 Å². The van der Waals surface area contributed by atoms with Crippen molar-refractivity contribution in [1.82, 2.24) is 4.90 Å². The Morgan fingerprint density at radius 2 is 1.71 bits per heavy atom. The van der Waals surface area contributed by atoms with Crippen LogP contribution in [-0.2, 0) is 30.6 Å². The van der Waals surface area contributed by atoms with Gasteiger partial charge in [-0.05, 0) is 36.6 Å². The van der Waals surface area contributed by atoms with E-state index < -0.39 is 102 Å². The fraction of sp³-hybridized carbons (Fsp3) is 0.536. The van der Waals surface area contributed by atoms with Crippen molar-refractivity contribution in [2.24, 2.45) is 17.6 Å². The van der Waals surface area contributed by atoms with E-state index in [-0.39, 0.29) is 22.3 Å². The summed E-state index contributed by atoms with van der Waals surface area (Å²) in [6.07, 6.45) is -0.757. The maximum Gasteiger partial charge on any atom is 0.255 e. The fourth-order valence-electron chi connectivity index (χ4n) is 6.85. The molecule has 0 aliphatic heterocycles. The number of Topliss-reactive ketones (excluding diaryl/α,β-unsaturated/α-hetero) is 2. The minimum Gasteiger partial charge on any atom is -0.510 e. The predicted octanol–water partition coefficient (Wildman–Crippen LogP) is 0.495. The monoisotopic (exact) mass is 592 g/mol. The minimum absolute atomic E-state index is 0.151. The highest BCUT2D eigenvalue weighted by Crippen LogP contribution is 2.56. The van der Waals surface area contributed by atoms with E-state index in [1.54, 1.807) is 27.7 Å². The number of amides is 1. The van der Waals surface area contributed by atoms with Crippen LogP contribution in [0.5, 0.6) is 5.75 Å². The fourth-order valence-corrected chi connectivity index (χ4v) is 7.65. The lowest BCUT2D eigenvalue weighted by Crippen LogP contribution is -2.68. The first-order valence-corrected chi connectivity index (χ1v) is 15.0. The van der Waals surface area contributed by atoms with Crippen LogP contribution in [0.1, 0.15) is 60.7 Å². The van der Waals surface area contributed by atoms with Crippen molar-refractivity contribution in [3.8, 4) is 5.75 Å². The van der Waals surface area contributed by atoms with Gasteiger partial charge in [0.25, 0.3) is 5.91 Å². The molecule has 0 saturated carbocycles. The van der Waals surface area contributed by atoms with Crippen molar-refractivity contribution in [3.63, 3.8) is 0 Å². The van der Waals surface area contributed by atoms with Gasteiger partial charge in [0.1, 0.15) is 22.8 Å². The van der Waals surface area contributed by atoms with E-state index in [2.05, 4.69) is 0 Å². The Bertz CT molecular complexity index is 1570. The minimum atomic E-state index is -3.65. The number of hydrogen-bond donors (Lipinski definition) is 6. The summed E-state index contributed by atoms with van der Waals surface area (Å²) < 4.78 is 24.9. The van der Waals surface area contributed by atoms with Gasteiger partial charge in [-0.3, -0.25) is 19.3 Å². The summed E-state index contributed by atoms with van der Waals surface area (Å²) in [4.78, 5) is 41.2. The molecule has 1 aromatic carbocycles. The molecule has 0 radical (unpaired) electrons. The third-order valence-electron chi connectivity index (χ3n) is 8.54. The number of aliphatic hydroxyl groups is 4. The van der Waals surface area contributed by atoms with Gasteiger partial charge in [-0.25, -0.2) is 8.42 Å². The number of sulfone groups is 1. The lowest BCUT2D eigenvalue weighted by Gasteiger charge is -2.53. The summed E-state index contributed by atoms with van der Waals surface area (Å²) >= 11 is 0. The van der Waals surface area contributed by atoms with E-state index in [0.29, 0.717) is 0 Å². The number of rotatable bonds is 4. The highest BCUT2D eigenvalue weighted by Gasteiger charge is 2.67. The molecule has 13 heteroatoms. The largest absolute Gasteiger partial charge is 0.510 e. The number of phenolic OH excluding ortho intramolecular Hbond substituents is 1. The second kappa shape index (κ2) is 9.38. The predicted molar refractivity (Wildman–Crippen MR) is 147 cm³/mol. The van der Waals surface area contributed by atoms with E-state index in [9.17, 15) is 48.3 Å². The standard InChI is InChI=1S/C28H36N2O10S/c1-10-13-11(9-41(7,39)40)8-12(27(2,3)4)20(31)15(13)21(32)16-14(10)22(33)18-19(30(5)6)23(34)17(26(29)37)25(36)28(18,38)24(16)35/h8,10,14,18-19,22,31,33-35,38H,9H2,1-7H3,(H2,29,37)/t10-,14+,18-,19-,22+,28+/m1/s1. The summed E-state index contributed by atoms with van der Waals surface area (Å²) in [5.74, 6) is -10.6. The summed E-state index contributed by atoms with van der Waals surface area (Å²) in [6.45, 7) is 6.81. The first-order valence-electron chi connectivity index (χ1n) is 13.0. The van der Waals surface area contributed by atoms with Crippen LogP contribution < -0.4 is 5.73 Å². The molecule has 0 unspecified atom stereocenters. The molecule has 41 heavy (non-hydrogen) atoms. The molecule has 224 valence electrons. The number of primary amides is 1. The third-order valence-corrected chi connectivity index (χ3v) is 9.37. The number of hydrogen-bond acceptors (Lipinski definition) is 11. The Morgan fingerprint density at radius 3 is 2.17 bits per heavy atom. The summed E-state index contributed by atoms with van der Waals surface area (Å²) in [6, 6.07) is 0.120. The molecule has 7 N–H and O–H groups in total. The first kappa shape index (κ1) is 30.7. The molecule has 0 heterocycles. The molecule has 6 atom stereocenters. The highest BCUT2D eigenvalue weighted by molar-refractivity contribution is 7.89. The molecule has 0 aromatic heterocycles. The summed E-state index contributed by atoms with van der Waals surface area (Å²) in [5, 5.41) is 57.4. The van der Waals surface area contributed by atoms with Gasteiger partial charge >= 0.3 is 0 Å². The molecule has 3 aliphatic carbocycles. The molecular weight excluding hydrogens is 556 g/mol. The van der Waals surface area contributed by atoms with Gasteiger partial charge in [0.2, 0.25) is 5.78 Å². The maximum atomic E-state index is 14.2. The highest BCUT2D eigenvalue weighted by atomic mass is 32.2. The number of aromatic hydroxyl groups is 1. The Balaban J connectivity index is 2.12. The molecule has 0 bridgehead atoms. The van der Waals surface area contributed by atoms with Crippen LogP contribution >= 0.6 is 0 Å². The van der Waals surface area contributed by atoms with Gasteiger partial charge in [-0.15, -0.1) is 0 Å². The molecular formula is C28H36N2O10S. The van der Waals surface area contributed by atoms with E-state index in [4.69, 9.17) is 5.73 Å². The van der Waals surface area contributed by atoms with Crippen LogP contribution in [0.4, 0.5) is 0 Å². The maximum absolute atomic E-state index is 14.2. The van der Waals surface area contributed by atoms with E-state index >= 15 is 0 Å². The number of fused-ring (bicyclic) bond motifs is 3. The van der Waals surface area contributed by atoms with Crippen molar-refractivity contribution in [1.29, 1.82) is 0 Å². The zero-order valence-electron chi connectivity index (χ0n) is 23.9. The normalized spacial score (nSPS) is 30.3. The number of nitrogens with zero attached hydrogens (tertiary/aromatic N) is 1. The molecule has 0 spiro atoms. The van der Waals surface area contributed by atoms with Crippen LogP contribution in [-0.4, -0.2) is 94.4 Å². The molecule has 12 nitrogen and oxygen atoms in total. The molecule has 0 saturated heterocycles. The summed E-state index contributed by atoms with van der Waals surface area (Å²) in [7, 11) is -0.761. The number of carbonyl (C=O) groups is 3. The van der Waals surface area contributed by atoms with Crippen LogP contribution in [0, 0.1) is 11.8 Å². The second-order valence-corrected chi connectivity index (χ2v) is 14.7. The molecule has 4 rings (SSSR count). The number of phenols is 1. The zero-order valence-corrected chi connectivity index (χ0v) is 24.7. The van der Waals surface area contributed by atoms with Crippen LogP contribution in [0.2, 0.25) is 0 Å². The second-order valence-electron chi connectivity index (χ2n) is 12.6. The molecule has 1 amide bonds. The molecule has 3 aliphatic rings. The average Bonchev–Trinajstić information content (AvgIpc) is 2.80. The molecule has 0 fully saturated rings. The Labute approximate surface area is 237 Å². The number of benzene rings is 1. The number of carbonyl (C=O) groups excluding carboxylic acids is 3. The van der Waals surface area contributed by atoms with Crippen molar-refractivity contribution in [3.05, 3.63) is 51.0 Å². The van der Waals surface area contributed by atoms with E-state index in [1.165, 1.54) is 25.1 Å². The number of aliphatic hydroxyl groups excluding tert-OH is 3. The van der Waals surface area contributed by atoms with E-state index in [1.807, 2.05) is 0 Å². The van der Waals surface area contributed by atoms with Gasteiger partial charge in [0.15, 0.2) is 21.2 Å². The number of nitrogens with two attached hydrogens (primary N) is 1. The third kappa shape index (κ3) is 4.28. The Kier molecular flexibility index (Phi) is 7.02. The lowest BCUT2D eigenvalue weighted by atomic mass is 9.54. The Morgan fingerprint density at radius 1 is 1.15 bits per heavy atom. The number of likely N-dealkylation sites (N-methyl/N-ethyl adjacent to an activating group) is 1. The van der Waals surface area contributed by atoms with Gasteiger partial charge in [0.05, 0.1) is 29.4 Å². The molecule has 1 aromatic rings. The van der Waals surface area contributed by atoms with Gasteiger partial charge in [0, 0.05) is 23.3 Å². The van der Waals surface area contributed by atoms with E-state index in [0.717, 1.165) is 6.26 Å². The first-order chi connectivity index (χ1) is 18.6. The summed E-state index contributed by atoms with van der Waals surface area (Å²) in [5.41, 5.74) is 0.340. The van der Waals surface area contributed by atoms with Crippen molar-refractivity contribution in [2.75, 3.05) is 20.4 Å². The average molecular weight is 593 g/mol. The van der Waals surface area contributed by atoms with Gasteiger partial charge < -0.3 is 31.3 Å². The Hall–Kier alpha value is -3.26. The van der Waals surface area contributed by atoms with Gasteiger partial charge in [-0.1, -0.05) is 33.8 Å². The van der Waals surface area contributed by atoms with Crippen LogP contribution in [0.25, 0.3) is 0 Å². The zero-order chi connectivity index (χ0) is 31.3. The number of ketones is 2. The van der Waals surface area contributed by atoms with Crippen LogP contribution in [0.3, 0.4) is 0 Å². The van der Waals surface area contributed by atoms with Crippen LogP contribution in [0.15, 0.2) is 28.7 Å². The lowest BCUT2D eigenvalue weighted by molar-refractivity contribution is -0.162. The van der Waals surface area contributed by atoms with Crippen molar-refractivity contribution in [2.45, 2.75) is 62.5 Å². The van der Waals surface area contributed by atoms with Crippen molar-refractivity contribution >= 4 is 27.3 Å². The van der Waals surface area contributed by atoms with Crippen molar-refractivity contribution < 1.29 is 48.3 Å². The smallest absolute Gasteiger partial charge is 0.255 e. The van der Waals surface area contributed by atoms with Gasteiger partial charge in [-0.2, -0.15) is 0 Å². The SMILES string of the molecule is C[C@@H]1c2c(CS(C)(=O)=O)cc(C(C)(C)C)c(O)c2C(=O)C2=C(O)[C@]3(O)C(=O)C(C(N)=O)=C(O)[C@H](N(C)C)[C@@H]3[C@@H](O)[C@H]21. The quantitative estimate of drug-likeness (QED) is 0.265.